The molecular weight excluding hydrogens is 328 g/mol. The highest BCUT2D eigenvalue weighted by molar-refractivity contribution is 5.73. The Kier molecular flexibility index (Phi) is 7.36. The summed E-state index contributed by atoms with van der Waals surface area (Å²) in [4.78, 5) is 27.7. The number of amides is 2. The summed E-state index contributed by atoms with van der Waals surface area (Å²) >= 11 is 0. The molecule has 0 aromatic heterocycles. The molecule has 2 aliphatic heterocycles. The largest absolute Gasteiger partial charge is 0.443 e. The van der Waals surface area contributed by atoms with Gasteiger partial charge in [0, 0.05) is 33.1 Å². The molecule has 1 unspecified atom stereocenters. The van der Waals surface area contributed by atoms with Crippen LogP contribution in [0, 0.1) is 17.8 Å². The summed E-state index contributed by atoms with van der Waals surface area (Å²) in [6.07, 6.45) is 6.13. The fraction of sp³-hybridized carbons (Fsp3) is 0.905. The number of likely N-dealkylation sites (tertiary alicyclic amines) is 2. The molecule has 0 spiro atoms. The van der Waals surface area contributed by atoms with Gasteiger partial charge < -0.3 is 14.5 Å². The van der Waals surface area contributed by atoms with Gasteiger partial charge in [0.15, 0.2) is 0 Å². The highest BCUT2D eigenvalue weighted by atomic mass is 16.6. The van der Waals surface area contributed by atoms with Gasteiger partial charge in [-0.25, -0.2) is 4.79 Å². The predicted octanol–water partition coefficient (Wildman–Crippen LogP) is 4.31. The van der Waals surface area contributed by atoms with E-state index in [0.29, 0.717) is 17.8 Å². The number of carbonyl (C=O) groups is 2. The SMILES string of the molecule is CC(=O)N1CCC(C(C)CCC(C)(C)OC(=O)N2CCC(C)CC2)CC1. The second kappa shape index (κ2) is 9.09. The normalized spacial score (nSPS) is 21.6. The summed E-state index contributed by atoms with van der Waals surface area (Å²) in [6.45, 7) is 13.7. The average Bonchev–Trinajstić information content (AvgIpc) is 2.60. The van der Waals surface area contributed by atoms with E-state index >= 15 is 0 Å². The molecule has 150 valence electrons. The molecule has 0 radical (unpaired) electrons. The Morgan fingerprint density at radius 2 is 1.58 bits per heavy atom. The molecule has 2 fully saturated rings. The van der Waals surface area contributed by atoms with Crippen molar-refractivity contribution in [2.45, 2.75) is 78.7 Å². The molecule has 2 aliphatic rings. The molecule has 0 saturated carbocycles. The van der Waals surface area contributed by atoms with Gasteiger partial charge in [0.05, 0.1) is 0 Å². The van der Waals surface area contributed by atoms with E-state index in [1.54, 1.807) is 6.92 Å². The molecule has 5 heteroatoms. The maximum Gasteiger partial charge on any atom is 0.410 e. The zero-order chi connectivity index (χ0) is 19.3. The molecule has 0 bridgehead atoms. The summed E-state index contributed by atoms with van der Waals surface area (Å²) in [5.41, 5.74) is -0.422. The van der Waals surface area contributed by atoms with Crippen molar-refractivity contribution in [1.29, 1.82) is 0 Å². The Morgan fingerprint density at radius 1 is 1.04 bits per heavy atom. The topological polar surface area (TPSA) is 49.9 Å². The molecule has 0 aliphatic carbocycles. The van der Waals surface area contributed by atoms with Crippen LogP contribution in [0.1, 0.15) is 73.1 Å². The molecule has 1 atom stereocenters. The predicted molar refractivity (Wildman–Crippen MR) is 104 cm³/mol. The molecule has 0 aromatic rings. The van der Waals surface area contributed by atoms with Gasteiger partial charge in [0.1, 0.15) is 5.60 Å². The summed E-state index contributed by atoms with van der Waals surface area (Å²) in [7, 11) is 0. The maximum atomic E-state index is 12.4. The number of hydrogen-bond acceptors (Lipinski definition) is 3. The van der Waals surface area contributed by atoms with Crippen molar-refractivity contribution >= 4 is 12.0 Å². The molecule has 26 heavy (non-hydrogen) atoms. The smallest absolute Gasteiger partial charge is 0.410 e. The summed E-state index contributed by atoms with van der Waals surface area (Å²) < 4.78 is 5.83. The molecule has 0 aromatic carbocycles. The van der Waals surface area contributed by atoms with Crippen molar-refractivity contribution < 1.29 is 14.3 Å². The molecular formula is C21H38N2O3. The van der Waals surface area contributed by atoms with Crippen LogP contribution in [-0.2, 0) is 9.53 Å². The van der Waals surface area contributed by atoms with E-state index in [2.05, 4.69) is 13.8 Å². The van der Waals surface area contributed by atoms with Crippen LogP contribution in [0.2, 0.25) is 0 Å². The molecule has 2 heterocycles. The van der Waals surface area contributed by atoms with Crippen LogP contribution in [0.4, 0.5) is 4.79 Å². The van der Waals surface area contributed by atoms with Gasteiger partial charge >= 0.3 is 6.09 Å². The third-order valence-electron chi connectivity index (χ3n) is 6.40. The molecule has 5 nitrogen and oxygen atoms in total. The minimum Gasteiger partial charge on any atom is -0.443 e. The second-order valence-electron chi connectivity index (χ2n) is 9.16. The highest BCUT2D eigenvalue weighted by Gasteiger charge is 2.30. The first-order valence-corrected chi connectivity index (χ1v) is 10.4. The monoisotopic (exact) mass is 366 g/mol. The van der Waals surface area contributed by atoms with Crippen molar-refractivity contribution in [3.05, 3.63) is 0 Å². The fourth-order valence-electron chi connectivity index (χ4n) is 4.14. The minimum absolute atomic E-state index is 0.149. The van der Waals surface area contributed by atoms with Crippen LogP contribution in [0.15, 0.2) is 0 Å². The average molecular weight is 367 g/mol. The van der Waals surface area contributed by atoms with E-state index in [9.17, 15) is 9.59 Å². The molecule has 2 saturated heterocycles. The lowest BCUT2D eigenvalue weighted by atomic mass is 9.81. The third-order valence-corrected chi connectivity index (χ3v) is 6.40. The quantitative estimate of drug-likeness (QED) is 0.728. The lowest BCUT2D eigenvalue weighted by Gasteiger charge is -2.36. The molecule has 0 N–H and O–H groups in total. The first-order chi connectivity index (χ1) is 12.2. The first-order valence-electron chi connectivity index (χ1n) is 10.4. The van der Waals surface area contributed by atoms with E-state index in [0.717, 1.165) is 64.7 Å². The Hall–Kier alpha value is -1.26. The van der Waals surface area contributed by atoms with Crippen LogP contribution in [0.5, 0.6) is 0 Å². The van der Waals surface area contributed by atoms with Crippen molar-refractivity contribution in [2.24, 2.45) is 17.8 Å². The Labute approximate surface area is 159 Å². The lowest BCUT2D eigenvalue weighted by molar-refractivity contribution is -0.130. The van der Waals surface area contributed by atoms with Crippen LogP contribution >= 0.6 is 0 Å². The van der Waals surface area contributed by atoms with Crippen molar-refractivity contribution in [3.63, 3.8) is 0 Å². The fourth-order valence-corrected chi connectivity index (χ4v) is 4.14. The third kappa shape index (κ3) is 6.17. The van der Waals surface area contributed by atoms with Gasteiger partial charge in [-0.3, -0.25) is 4.79 Å². The number of rotatable bonds is 5. The van der Waals surface area contributed by atoms with Gasteiger partial charge in [-0.05, 0) is 70.1 Å². The van der Waals surface area contributed by atoms with Crippen LogP contribution < -0.4 is 0 Å². The second-order valence-corrected chi connectivity index (χ2v) is 9.16. The summed E-state index contributed by atoms with van der Waals surface area (Å²) in [6, 6.07) is 0. The molecule has 2 amide bonds. The number of ether oxygens (including phenoxy) is 1. The zero-order valence-corrected chi connectivity index (χ0v) is 17.4. The van der Waals surface area contributed by atoms with Gasteiger partial charge in [-0.15, -0.1) is 0 Å². The van der Waals surface area contributed by atoms with Crippen molar-refractivity contribution in [1.82, 2.24) is 9.80 Å². The lowest BCUT2D eigenvalue weighted by Crippen LogP contribution is -2.42. The van der Waals surface area contributed by atoms with E-state index in [4.69, 9.17) is 4.74 Å². The summed E-state index contributed by atoms with van der Waals surface area (Å²) in [5, 5.41) is 0. The van der Waals surface area contributed by atoms with Crippen LogP contribution in [0.25, 0.3) is 0 Å². The Balaban J connectivity index is 1.73. The van der Waals surface area contributed by atoms with Crippen LogP contribution in [-0.4, -0.2) is 53.6 Å². The van der Waals surface area contributed by atoms with E-state index in [-0.39, 0.29) is 12.0 Å². The minimum atomic E-state index is -0.422. The maximum absolute atomic E-state index is 12.4. The molecule has 2 rings (SSSR count). The van der Waals surface area contributed by atoms with Crippen LogP contribution in [0.3, 0.4) is 0 Å². The van der Waals surface area contributed by atoms with E-state index < -0.39 is 5.60 Å². The number of hydrogen-bond donors (Lipinski definition) is 0. The number of nitrogens with zero attached hydrogens (tertiary/aromatic N) is 2. The highest BCUT2D eigenvalue weighted by Crippen LogP contribution is 2.31. The number of piperidine rings is 2. The van der Waals surface area contributed by atoms with Crippen molar-refractivity contribution in [3.8, 4) is 0 Å². The van der Waals surface area contributed by atoms with Gasteiger partial charge in [0.25, 0.3) is 0 Å². The summed E-state index contributed by atoms with van der Waals surface area (Å²) in [5.74, 6) is 2.16. The van der Waals surface area contributed by atoms with Gasteiger partial charge in [-0.2, -0.15) is 0 Å². The van der Waals surface area contributed by atoms with Gasteiger partial charge in [-0.1, -0.05) is 13.8 Å². The number of carbonyl (C=O) groups excluding carboxylic acids is 2. The Bertz CT molecular complexity index is 476. The van der Waals surface area contributed by atoms with Crippen molar-refractivity contribution in [2.75, 3.05) is 26.2 Å². The first kappa shape index (κ1) is 21.0. The van der Waals surface area contributed by atoms with E-state index in [1.807, 2.05) is 23.6 Å². The zero-order valence-electron chi connectivity index (χ0n) is 17.4. The standard InChI is InChI=1S/C21H38N2O3/c1-16-7-12-23(13-8-16)20(25)26-21(4,5)11-6-17(2)19-9-14-22(15-10-19)18(3)24/h16-17,19H,6-15H2,1-5H3. The van der Waals surface area contributed by atoms with Gasteiger partial charge in [0.2, 0.25) is 5.91 Å². The Morgan fingerprint density at radius 3 is 2.12 bits per heavy atom. The van der Waals surface area contributed by atoms with E-state index in [1.165, 1.54) is 0 Å².